The molecular weight excluding hydrogens is 314 g/mol. The van der Waals surface area contributed by atoms with Crippen LogP contribution in [-0.4, -0.2) is 44.6 Å². The summed E-state index contributed by atoms with van der Waals surface area (Å²) < 4.78 is 33.0. The van der Waals surface area contributed by atoms with Gasteiger partial charge in [0.1, 0.15) is 5.75 Å². The maximum Gasteiger partial charge on any atom is 0.243 e. The zero-order valence-electron chi connectivity index (χ0n) is 12.8. The zero-order chi connectivity index (χ0) is 16.2. The van der Waals surface area contributed by atoms with Gasteiger partial charge in [-0.1, -0.05) is 24.3 Å². The van der Waals surface area contributed by atoms with Gasteiger partial charge in [-0.2, -0.15) is 4.31 Å². The van der Waals surface area contributed by atoms with Gasteiger partial charge in [0.05, 0.1) is 12.0 Å². The molecule has 1 aliphatic heterocycles. The number of aliphatic hydroxyl groups is 1. The lowest BCUT2D eigenvalue weighted by Gasteiger charge is -2.20. The Kier molecular flexibility index (Phi) is 3.37. The summed E-state index contributed by atoms with van der Waals surface area (Å²) >= 11 is 0. The van der Waals surface area contributed by atoms with E-state index in [1.54, 1.807) is 23.5 Å². The summed E-state index contributed by atoms with van der Waals surface area (Å²) in [5.41, 5.74) is 0. The summed E-state index contributed by atoms with van der Waals surface area (Å²) in [7, 11) is -1.95. The highest BCUT2D eigenvalue weighted by atomic mass is 32.2. The van der Waals surface area contributed by atoms with E-state index in [1.807, 2.05) is 24.3 Å². The Labute approximate surface area is 135 Å². The van der Waals surface area contributed by atoms with E-state index in [0.29, 0.717) is 41.0 Å². The van der Waals surface area contributed by atoms with Gasteiger partial charge in [0, 0.05) is 30.5 Å². The smallest absolute Gasteiger partial charge is 0.243 e. The minimum atomic E-state index is -3.53. The van der Waals surface area contributed by atoms with Crippen LogP contribution in [0, 0.1) is 17.8 Å². The molecule has 23 heavy (non-hydrogen) atoms. The Morgan fingerprint density at radius 3 is 2.39 bits per heavy atom. The lowest BCUT2D eigenvalue weighted by molar-refractivity contribution is 0.247. The predicted molar refractivity (Wildman–Crippen MR) is 86.8 cm³/mol. The molecule has 0 radical (unpaired) electrons. The SMILES string of the molecule is COc1ccc(S(=O)(=O)N2C[C@@H]3C(CO)[C@@H]3C2)c2ccccc12. The van der Waals surface area contributed by atoms with Crippen molar-refractivity contribution in [1.82, 2.24) is 4.31 Å². The molecule has 0 spiro atoms. The van der Waals surface area contributed by atoms with Gasteiger partial charge in [-0.15, -0.1) is 0 Å². The average Bonchev–Trinajstić information content (AvgIpc) is 3.03. The average molecular weight is 333 g/mol. The maximum absolute atomic E-state index is 13.0. The first kappa shape index (κ1) is 14.9. The summed E-state index contributed by atoms with van der Waals surface area (Å²) in [6.07, 6.45) is 0. The number of fused-ring (bicyclic) bond motifs is 2. The van der Waals surface area contributed by atoms with E-state index < -0.39 is 10.0 Å². The molecule has 122 valence electrons. The molecule has 1 aliphatic carbocycles. The van der Waals surface area contributed by atoms with Crippen molar-refractivity contribution in [3.05, 3.63) is 36.4 Å². The van der Waals surface area contributed by atoms with E-state index in [4.69, 9.17) is 4.74 Å². The fraction of sp³-hybridized carbons (Fsp3) is 0.412. The van der Waals surface area contributed by atoms with E-state index in [2.05, 4.69) is 0 Å². The zero-order valence-corrected chi connectivity index (χ0v) is 13.7. The van der Waals surface area contributed by atoms with Crippen LogP contribution < -0.4 is 4.74 Å². The Balaban J connectivity index is 1.75. The number of sulfonamides is 1. The number of methoxy groups -OCH3 is 1. The molecule has 1 N–H and O–H groups in total. The molecule has 1 heterocycles. The number of hydrogen-bond donors (Lipinski definition) is 1. The van der Waals surface area contributed by atoms with Gasteiger partial charge in [-0.3, -0.25) is 0 Å². The molecule has 3 atom stereocenters. The van der Waals surface area contributed by atoms with Crippen molar-refractivity contribution < 1.29 is 18.3 Å². The van der Waals surface area contributed by atoms with Crippen molar-refractivity contribution in [2.75, 3.05) is 26.8 Å². The molecule has 2 aliphatic rings. The third kappa shape index (κ3) is 2.16. The fourth-order valence-corrected chi connectivity index (χ4v) is 5.57. The van der Waals surface area contributed by atoms with Crippen molar-refractivity contribution in [2.24, 2.45) is 17.8 Å². The van der Waals surface area contributed by atoms with Gasteiger partial charge >= 0.3 is 0 Å². The van der Waals surface area contributed by atoms with Crippen LogP contribution in [-0.2, 0) is 10.0 Å². The Morgan fingerprint density at radius 1 is 1.13 bits per heavy atom. The van der Waals surface area contributed by atoms with Crippen molar-refractivity contribution in [3.8, 4) is 5.75 Å². The molecule has 4 rings (SSSR count). The number of ether oxygens (including phenoxy) is 1. The molecule has 0 bridgehead atoms. The number of rotatable bonds is 4. The summed E-state index contributed by atoms with van der Waals surface area (Å²) in [4.78, 5) is 0.329. The van der Waals surface area contributed by atoms with Crippen LogP contribution in [0.25, 0.3) is 10.8 Å². The molecule has 2 fully saturated rings. The van der Waals surface area contributed by atoms with E-state index in [9.17, 15) is 13.5 Å². The Hall–Kier alpha value is -1.63. The van der Waals surface area contributed by atoms with Crippen LogP contribution in [0.3, 0.4) is 0 Å². The standard InChI is InChI=1S/C17H19NO4S/c1-22-16-6-7-17(12-5-3-2-4-11(12)16)23(20,21)18-8-13-14(9-18)15(13)10-19/h2-7,13-15,19H,8-10H2,1H3/t13-,14+,15?. The molecule has 1 unspecified atom stereocenters. The number of nitrogens with zero attached hydrogens (tertiary/aromatic N) is 1. The number of aliphatic hydroxyl groups excluding tert-OH is 1. The molecular formula is C17H19NO4S. The van der Waals surface area contributed by atoms with Crippen LogP contribution >= 0.6 is 0 Å². The van der Waals surface area contributed by atoms with Crippen molar-refractivity contribution in [3.63, 3.8) is 0 Å². The number of benzene rings is 2. The second kappa shape index (κ2) is 5.19. The Morgan fingerprint density at radius 2 is 1.78 bits per heavy atom. The summed E-state index contributed by atoms with van der Waals surface area (Å²) in [5.74, 6) is 1.59. The van der Waals surface area contributed by atoms with Gasteiger partial charge in [0.15, 0.2) is 0 Å². The van der Waals surface area contributed by atoms with Crippen LogP contribution in [0.15, 0.2) is 41.3 Å². The molecule has 5 nitrogen and oxygen atoms in total. The third-order valence-electron chi connectivity index (χ3n) is 5.23. The van der Waals surface area contributed by atoms with Gasteiger partial charge < -0.3 is 9.84 Å². The molecule has 6 heteroatoms. The van der Waals surface area contributed by atoms with Gasteiger partial charge in [0.25, 0.3) is 0 Å². The van der Waals surface area contributed by atoms with Crippen molar-refractivity contribution in [1.29, 1.82) is 0 Å². The largest absolute Gasteiger partial charge is 0.496 e. The maximum atomic E-state index is 13.0. The lowest BCUT2D eigenvalue weighted by atomic mass is 10.1. The monoisotopic (exact) mass is 333 g/mol. The lowest BCUT2D eigenvalue weighted by Crippen LogP contribution is -2.32. The summed E-state index contributed by atoms with van der Waals surface area (Å²) in [6, 6.07) is 10.7. The molecule has 2 aromatic rings. The fourth-order valence-electron chi connectivity index (χ4n) is 3.86. The van der Waals surface area contributed by atoms with Crippen molar-refractivity contribution >= 4 is 20.8 Å². The highest BCUT2D eigenvalue weighted by molar-refractivity contribution is 7.89. The highest BCUT2D eigenvalue weighted by Gasteiger charge is 2.57. The topological polar surface area (TPSA) is 66.8 Å². The minimum Gasteiger partial charge on any atom is -0.496 e. The quantitative estimate of drug-likeness (QED) is 0.925. The first-order valence-electron chi connectivity index (χ1n) is 7.74. The van der Waals surface area contributed by atoms with Crippen LogP contribution in [0.2, 0.25) is 0 Å². The van der Waals surface area contributed by atoms with E-state index >= 15 is 0 Å². The normalized spacial score (nSPS) is 27.1. The van der Waals surface area contributed by atoms with Crippen LogP contribution in [0.1, 0.15) is 0 Å². The molecule has 0 aromatic heterocycles. The second-order valence-corrected chi connectivity index (χ2v) is 8.21. The third-order valence-corrected chi connectivity index (χ3v) is 7.12. The summed E-state index contributed by atoms with van der Waals surface area (Å²) in [6.45, 7) is 1.19. The highest BCUT2D eigenvalue weighted by Crippen LogP contribution is 2.52. The van der Waals surface area contributed by atoms with E-state index in [0.717, 1.165) is 5.39 Å². The van der Waals surface area contributed by atoms with E-state index in [-0.39, 0.29) is 12.5 Å². The van der Waals surface area contributed by atoms with Gasteiger partial charge in [-0.05, 0) is 29.9 Å². The number of piperidine rings is 1. The molecule has 1 saturated heterocycles. The Bertz CT molecular complexity index is 852. The van der Waals surface area contributed by atoms with Crippen LogP contribution in [0.4, 0.5) is 0 Å². The predicted octanol–water partition coefficient (Wildman–Crippen LogP) is 1.71. The van der Waals surface area contributed by atoms with E-state index in [1.165, 1.54) is 0 Å². The second-order valence-electron chi connectivity index (χ2n) is 6.31. The first-order valence-corrected chi connectivity index (χ1v) is 9.18. The molecule has 0 amide bonds. The molecule has 2 aromatic carbocycles. The summed E-state index contributed by atoms with van der Waals surface area (Å²) in [5, 5.41) is 10.7. The first-order chi connectivity index (χ1) is 11.1. The van der Waals surface area contributed by atoms with Gasteiger partial charge in [0.2, 0.25) is 10.0 Å². The molecule has 1 saturated carbocycles. The van der Waals surface area contributed by atoms with Gasteiger partial charge in [-0.25, -0.2) is 8.42 Å². The van der Waals surface area contributed by atoms with Crippen LogP contribution in [0.5, 0.6) is 5.75 Å². The minimum absolute atomic E-state index is 0.161. The number of hydrogen-bond acceptors (Lipinski definition) is 4. The van der Waals surface area contributed by atoms with Crippen molar-refractivity contribution in [2.45, 2.75) is 4.90 Å².